The first-order valence-corrected chi connectivity index (χ1v) is 8.48. The van der Waals surface area contributed by atoms with Crippen molar-refractivity contribution >= 4 is 28.8 Å². The lowest BCUT2D eigenvalue weighted by Gasteiger charge is -2.20. The van der Waals surface area contributed by atoms with Gasteiger partial charge in [0, 0.05) is 26.0 Å². The Labute approximate surface area is 155 Å². The van der Waals surface area contributed by atoms with Crippen LogP contribution in [0.3, 0.4) is 0 Å². The van der Waals surface area contributed by atoms with E-state index in [1.807, 2.05) is 0 Å². The Morgan fingerprint density at radius 1 is 1.00 bits per heavy atom. The van der Waals surface area contributed by atoms with Crippen molar-refractivity contribution in [3.63, 3.8) is 0 Å². The van der Waals surface area contributed by atoms with Crippen molar-refractivity contribution in [3.05, 3.63) is 61.0 Å². The lowest BCUT2D eigenvalue weighted by molar-refractivity contribution is -0.270. The van der Waals surface area contributed by atoms with Crippen LogP contribution in [0.1, 0.15) is 10.4 Å². The highest BCUT2D eigenvalue weighted by atomic mass is 32.2. The summed E-state index contributed by atoms with van der Waals surface area (Å²) in [7, 11) is 3.94. The van der Waals surface area contributed by atoms with Crippen LogP contribution < -0.4 is 21.9 Å². The van der Waals surface area contributed by atoms with E-state index < -0.39 is 28.5 Å². The van der Waals surface area contributed by atoms with Crippen molar-refractivity contribution in [1.82, 2.24) is 13.7 Å². The average molecular weight is 388 g/mol. The summed E-state index contributed by atoms with van der Waals surface area (Å²) in [5.74, 6) is -2.05. The van der Waals surface area contributed by atoms with E-state index in [4.69, 9.17) is 0 Å². The van der Waals surface area contributed by atoms with Crippen LogP contribution in [0.4, 0.5) is 0 Å². The topological polar surface area (TPSA) is 126 Å². The van der Waals surface area contributed by atoms with Gasteiger partial charge in [0.2, 0.25) is 0 Å². The molecule has 0 saturated carbocycles. The van der Waals surface area contributed by atoms with Crippen molar-refractivity contribution in [2.45, 2.75) is 9.79 Å². The third-order valence-corrected chi connectivity index (χ3v) is 5.35. The zero-order valence-corrected chi connectivity index (χ0v) is 15.4. The first-order valence-electron chi connectivity index (χ1n) is 7.66. The van der Waals surface area contributed by atoms with Crippen LogP contribution in [-0.4, -0.2) is 24.8 Å². The van der Waals surface area contributed by atoms with Gasteiger partial charge in [-0.15, -0.1) is 0 Å². The van der Waals surface area contributed by atoms with Crippen LogP contribution in [-0.2, 0) is 21.1 Å². The van der Waals surface area contributed by atoms with Gasteiger partial charge >= 0.3 is 11.7 Å². The summed E-state index contributed by atoms with van der Waals surface area (Å²) in [6, 6.07) is 5.92. The summed E-state index contributed by atoms with van der Waals surface area (Å²) in [6.45, 7) is 0. The maximum Gasteiger partial charge on any atom is 0.336 e. The third kappa shape index (κ3) is 2.74. The number of fused-ring (bicyclic) bond motifs is 1. The van der Waals surface area contributed by atoms with E-state index in [2.05, 4.69) is 0 Å². The number of pyridine rings is 1. The molecule has 1 N–H and O–H groups in total. The minimum atomic E-state index is -1.21. The molecule has 2 heterocycles. The van der Waals surface area contributed by atoms with E-state index in [1.165, 1.54) is 39.3 Å². The van der Waals surface area contributed by atoms with Crippen LogP contribution in [0, 0.1) is 0 Å². The molecule has 0 aliphatic rings. The number of carboxylic acids is 1. The van der Waals surface area contributed by atoms with Crippen LogP contribution in [0.25, 0.3) is 11.0 Å². The molecule has 140 valence electrons. The van der Waals surface area contributed by atoms with E-state index >= 15 is 0 Å². The van der Waals surface area contributed by atoms with Gasteiger partial charge < -0.3 is 10.2 Å². The van der Waals surface area contributed by atoms with Gasteiger partial charge in [0.25, 0.3) is 11.1 Å². The van der Waals surface area contributed by atoms with Gasteiger partial charge in [-0.25, -0.2) is 9.59 Å². The summed E-state index contributed by atoms with van der Waals surface area (Å²) in [5, 5.41) is 21.9. The van der Waals surface area contributed by atoms with Gasteiger partial charge in [-0.1, -0.05) is 29.6 Å². The Hall–Kier alpha value is -3.27. The molecule has 27 heavy (non-hydrogen) atoms. The summed E-state index contributed by atoms with van der Waals surface area (Å²) < 4.78 is 2.89. The van der Waals surface area contributed by atoms with Crippen molar-refractivity contribution in [2.24, 2.45) is 21.1 Å². The van der Waals surface area contributed by atoms with Gasteiger partial charge in [0.1, 0.15) is 5.65 Å². The zero-order chi connectivity index (χ0) is 20.0. The molecule has 0 unspecified atom stereocenters. The molecule has 0 bridgehead atoms. The molecule has 0 aliphatic carbocycles. The minimum Gasteiger partial charge on any atom is -0.871 e. The highest BCUT2D eigenvalue weighted by Crippen LogP contribution is 2.34. The van der Waals surface area contributed by atoms with Crippen molar-refractivity contribution < 1.29 is 15.0 Å². The van der Waals surface area contributed by atoms with E-state index in [1.54, 1.807) is 6.07 Å². The number of aromatic carboxylic acids is 1. The second-order valence-electron chi connectivity index (χ2n) is 5.83. The fourth-order valence-electron chi connectivity index (χ4n) is 2.82. The van der Waals surface area contributed by atoms with Gasteiger partial charge in [0.15, 0.2) is 0 Å². The van der Waals surface area contributed by atoms with Crippen molar-refractivity contribution in [3.8, 4) is 5.75 Å². The van der Waals surface area contributed by atoms with Gasteiger partial charge in [-0.2, -0.15) is 0 Å². The lowest BCUT2D eigenvalue weighted by Crippen LogP contribution is -2.40. The molecule has 9 nitrogen and oxygen atoms in total. The number of carbonyl (C=O) groups is 1. The fraction of sp³-hybridized carbons (Fsp3) is 0.176. The number of rotatable bonds is 3. The SMILES string of the molecule is Cn1c(=O)c2c([O-])c(Sc3ccccc3C(=O)O)c(=O)n(C)c2n(C)c1=O. The predicted molar refractivity (Wildman–Crippen MR) is 96.6 cm³/mol. The van der Waals surface area contributed by atoms with E-state index in [0.29, 0.717) is 11.8 Å². The molecular formula is C17H14N3O6S-. The Morgan fingerprint density at radius 3 is 2.26 bits per heavy atom. The molecule has 10 heteroatoms. The molecule has 0 amide bonds. The Kier molecular flexibility index (Phi) is 4.44. The quantitative estimate of drug-likeness (QED) is 0.662. The van der Waals surface area contributed by atoms with Crippen LogP contribution in [0.15, 0.2) is 48.4 Å². The Balaban J connectivity index is 2.41. The third-order valence-electron chi connectivity index (χ3n) is 4.21. The Bertz CT molecular complexity index is 1290. The second kappa shape index (κ2) is 6.47. The molecular weight excluding hydrogens is 374 g/mol. The molecule has 0 aliphatic heterocycles. The first kappa shape index (κ1) is 18.5. The van der Waals surface area contributed by atoms with Crippen molar-refractivity contribution in [2.75, 3.05) is 0 Å². The molecule has 0 radical (unpaired) electrons. The van der Waals surface area contributed by atoms with E-state index in [-0.39, 0.29) is 26.4 Å². The Morgan fingerprint density at radius 2 is 1.63 bits per heavy atom. The predicted octanol–water partition coefficient (Wildman–Crippen LogP) is -0.141. The van der Waals surface area contributed by atoms with Gasteiger partial charge in [-0.3, -0.25) is 23.3 Å². The molecule has 2 aromatic heterocycles. The van der Waals surface area contributed by atoms with Gasteiger partial charge in [0.05, 0.1) is 15.8 Å². The minimum absolute atomic E-state index is 0.0718. The number of aromatic nitrogens is 3. The largest absolute Gasteiger partial charge is 0.871 e. The molecule has 0 atom stereocenters. The highest BCUT2D eigenvalue weighted by Gasteiger charge is 2.19. The first-order chi connectivity index (χ1) is 12.7. The number of hydrogen-bond donors (Lipinski definition) is 1. The fourth-order valence-corrected chi connectivity index (χ4v) is 3.87. The number of aryl methyl sites for hydroxylation is 2. The number of carboxylic acid groups (broad SMARTS) is 1. The average Bonchev–Trinajstić information content (AvgIpc) is 2.64. The lowest BCUT2D eigenvalue weighted by atomic mass is 10.2. The van der Waals surface area contributed by atoms with Gasteiger partial charge in [-0.05, 0) is 12.1 Å². The van der Waals surface area contributed by atoms with E-state index in [9.17, 15) is 29.4 Å². The molecule has 3 rings (SSSR count). The maximum absolute atomic E-state index is 12.9. The van der Waals surface area contributed by atoms with Crippen molar-refractivity contribution in [1.29, 1.82) is 0 Å². The normalized spacial score (nSPS) is 11.1. The smallest absolute Gasteiger partial charge is 0.336 e. The number of nitrogens with zero attached hydrogens (tertiary/aromatic N) is 3. The summed E-state index contributed by atoms with van der Waals surface area (Å²) in [5.41, 5.74) is -2.37. The zero-order valence-electron chi connectivity index (χ0n) is 14.5. The number of benzene rings is 1. The summed E-state index contributed by atoms with van der Waals surface area (Å²) in [6.07, 6.45) is 0. The molecule has 0 fully saturated rings. The molecule has 1 aromatic carbocycles. The molecule has 0 spiro atoms. The van der Waals surface area contributed by atoms with Crippen LogP contribution in [0.5, 0.6) is 5.75 Å². The number of hydrogen-bond acceptors (Lipinski definition) is 6. The summed E-state index contributed by atoms with van der Waals surface area (Å²) >= 11 is 0.687. The molecule has 0 saturated heterocycles. The standard InChI is InChI=1S/C17H15N3O6S/c1-18-13-10(14(22)20(3)17(26)19(13)2)11(21)12(15(18)23)27-9-7-5-4-6-8(9)16(24)25/h4-7,21H,1-3H3,(H,24,25)/p-1. The van der Waals surface area contributed by atoms with Crippen LogP contribution >= 0.6 is 11.8 Å². The summed E-state index contributed by atoms with van der Waals surface area (Å²) in [4.78, 5) is 48.6. The second-order valence-corrected chi connectivity index (χ2v) is 6.88. The monoisotopic (exact) mass is 388 g/mol. The van der Waals surface area contributed by atoms with E-state index in [0.717, 1.165) is 13.7 Å². The maximum atomic E-state index is 12.9. The van der Waals surface area contributed by atoms with Crippen LogP contribution in [0.2, 0.25) is 0 Å². The molecule has 3 aromatic rings. The highest BCUT2D eigenvalue weighted by molar-refractivity contribution is 7.99.